The first-order chi connectivity index (χ1) is 34.5. The predicted octanol–water partition coefficient (Wildman–Crippen LogP) is 19.9. The molecule has 0 radical (unpaired) electrons. The van der Waals surface area contributed by atoms with Crippen molar-refractivity contribution in [1.29, 1.82) is 0 Å². The van der Waals surface area contributed by atoms with Crippen molar-refractivity contribution in [2.75, 3.05) is 13.2 Å². The smallest absolute Gasteiger partial charge is 0.306 e. The van der Waals surface area contributed by atoms with Gasteiger partial charge in [-0.05, 0) is 116 Å². The maximum absolute atomic E-state index is 12.9. The summed E-state index contributed by atoms with van der Waals surface area (Å²) in [5.74, 6) is -0.922. The average Bonchev–Trinajstić information content (AvgIpc) is 3.36. The minimum absolute atomic E-state index is 0.0911. The standard InChI is InChI=1S/C64H110O6/c1-4-7-10-13-16-19-22-24-26-28-30-32-34-36-38-40-42-45-48-51-54-57-63(66)69-60-61(59-68-62(65)56-53-50-47-44-21-18-15-12-9-6-3)70-64(67)58-55-52-49-46-43-41-39-37-35-33-31-29-27-25-23-20-17-14-11-8-5-2/h12,15,22-25,28-31,34-37,61H,4-11,13-14,16-21,26-27,32-33,38-60H2,1-3H3/b15-12-,24-22-,25-23-,30-28-,31-29-,36-34-,37-35-. The van der Waals surface area contributed by atoms with Gasteiger partial charge in [0, 0.05) is 19.3 Å². The largest absolute Gasteiger partial charge is 0.462 e. The predicted molar refractivity (Wildman–Crippen MR) is 302 cm³/mol. The summed E-state index contributed by atoms with van der Waals surface area (Å²) in [6, 6.07) is 0. The molecule has 0 aromatic heterocycles. The Balaban J connectivity index is 4.36. The summed E-state index contributed by atoms with van der Waals surface area (Å²) < 4.78 is 16.8. The third kappa shape index (κ3) is 55.5. The quantitative estimate of drug-likeness (QED) is 0.0261. The molecule has 0 aliphatic heterocycles. The van der Waals surface area contributed by atoms with E-state index in [-0.39, 0.29) is 31.1 Å². The lowest BCUT2D eigenvalue weighted by molar-refractivity contribution is -0.167. The highest BCUT2D eigenvalue weighted by Crippen LogP contribution is 2.14. The van der Waals surface area contributed by atoms with Crippen LogP contribution >= 0.6 is 0 Å². The van der Waals surface area contributed by atoms with E-state index in [2.05, 4.69) is 106 Å². The average molecular weight is 976 g/mol. The fourth-order valence-electron chi connectivity index (χ4n) is 8.11. The molecule has 6 nitrogen and oxygen atoms in total. The molecule has 0 bridgehead atoms. The van der Waals surface area contributed by atoms with E-state index in [0.29, 0.717) is 19.3 Å². The van der Waals surface area contributed by atoms with Crippen molar-refractivity contribution >= 4 is 17.9 Å². The van der Waals surface area contributed by atoms with Crippen LogP contribution in [0.5, 0.6) is 0 Å². The van der Waals surface area contributed by atoms with Gasteiger partial charge in [0.05, 0.1) is 0 Å². The van der Waals surface area contributed by atoms with E-state index in [0.717, 1.165) is 122 Å². The van der Waals surface area contributed by atoms with Crippen LogP contribution in [0.15, 0.2) is 85.1 Å². The van der Waals surface area contributed by atoms with Gasteiger partial charge in [-0.25, -0.2) is 0 Å². The maximum Gasteiger partial charge on any atom is 0.306 e. The fourth-order valence-corrected chi connectivity index (χ4v) is 8.11. The number of carbonyl (C=O) groups is 3. The highest BCUT2D eigenvalue weighted by molar-refractivity contribution is 5.71. The SMILES string of the molecule is CCC/C=C\CCCCCCCC(=O)OCC(COC(=O)CCCCCCCC/C=C\C/C=C\C/C=C\CCCCCCC)OC(=O)CCCCCCCC/C=C\C/C=C\C/C=C\CCCCCCC. The number of carbonyl (C=O) groups excluding carboxylic acids is 3. The van der Waals surface area contributed by atoms with Crippen molar-refractivity contribution in [1.82, 2.24) is 0 Å². The van der Waals surface area contributed by atoms with E-state index in [1.807, 2.05) is 0 Å². The first-order valence-corrected chi connectivity index (χ1v) is 29.6. The summed E-state index contributed by atoms with van der Waals surface area (Å²) >= 11 is 0. The lowest BCUT2D eigenvalue weighted by Gasteiger charge is -2.18. The zero-order chi connectivity index (χ0) is 50.7. The van der Waals surface area contributed by atoms with Gasteiger partial charge in [0.2, 0.25) is 0 Å². The molecule has 0 aliphatic rings. The van der Waals surface area contributed by atoms with Gasteiger partial charge in [-0.3, -0.25) is 14.4 Å². The second kappa shape index (κ2) is 58.2. The highest BCUT2D eigenvalue weighted by atomic mass is 16.6. The maximum atomic E-state index is 12.9. The van der Waals surface area contributed by atoms with E-state index in [9.17, 15) is 14.4 Å². The van der Waals surface area contributed by atoms with Gasteiger partial charge in [0.1, 0.15) is 13.2 Å². The summed E-state index contributed by atoms with van der Waals surface area (Å²) in [5.41, 5.74) is 0. The van der Waals surface area contributed by atoms with Gasteiger partial charge in [-0.2, -0.15) is 0 Å². The molecule has 0 N–H and O–H groups in total. The number of hydrogen-bond donors (Lipinski definition) is 0. The molecule has 0 saturated carbocycles. The van der Waals surface area contributed by atoms with Crippen LogP contribution < -0.4 is 0 Å². The molecule has 0 heterocycles. The van der Waals surface area contributed by atoms with Crippen molar-refractivity contribution in [2.24, 2.45) is 0 Å². The number of esters is 3. The molecular formula is C64H110O6. The Morgan fingerprint density at radius 1 is 0.286 bits per heavy atom. The molecule has 6 heteroatoms. The van der Waals surface area contributed by atoms with E-state index < -0.39 is 6.10 Å². The first kappa shape index (κ1) is 66.6. The lowest BCUT2D eigenvalue weighted by atomic mass is 10.1. The van der Waals surface area contributed by atoms with Gasteiger partial charge < -0.3 is 14.2 Å². The summed E-state index contributed by atoms with van der Waals surface area (Å²) in [4.78, 5) is 38.1. The Hall–Kier alpha value is -3.41. The number of ether oxygens (including phenoxy) is 3. The third-order valence-corrected chi connectivity index (χ3v) is 12.6. The van der Waals surface area contributed by atoms with E-state index in [1.54, 1.807) is 0 Å². The van der Waals surface area contributed by atoms with Crippen molar-refractivity contribution in [3.63, 3.8) is 0 Å². The van der Waals surface area contributed by atoms with Crippen LogP contribution in [0.4, 0.5) is 0 Å². The minimum atomic E-state index is -0.793. The third-order valence-electron chi connectivity index (χ3n) is 12.6. The zero-order valence-corrected chi connectivity index (χ0v) is 46.0. The number of unbranched alkanes of at least 4 members (excludes halogenated alkanes) is 28. The molecule has 70 heavy (non-hydrogen) atoms. The van der Waals surface area contributed by atoms with Crippen LogP contribution in [0, 0.1) is 0 Å². The molecule has 0 aromatic carbocycles. The van der Waals surface area contributed by atoms with Crippen molar-refractivity contribution in [3.05, 3.63) is 85.1 Å². The van der Waals surface area contributed by atoms with Crippen LogP contribution in [-0.4, -0.2) is 37.2 Å². The van der Waals surface area contributed by atoms with Crippen LogP contribution in [0.25, 0.3) is 0 Å². The Morgan fingerprint density at radius 3 is 0.871 bits per heavy atom. The summed E-state index contributed by atoms with van der Waals surface area (Å²) in [6.07, 6.45) is 75.8. The number of hydrogen-bond acceptors (Lipinski definition) is 6. The summed E-state index contributed by atoms with van der Waals surface area (Å²) in [5, 5.41) is 0. The van der Waals surface area contributed by atoms with Crippen molar-refractivity contribution in [3.8, 4) is 0 Å². The molecule has 0 fully saturated rings. The van der Waals surface area contributed by atoms with Gasteiger partial charge in [0.15, 0.2) is 6.10 Å². The van der Waals surface area contributed by atoms with Gasteiger partial charge in [-0.15, -0.1) is 0 Å². The normalized spacial score (nSPS) is 12.7. The minimum Gasteiger partial charge on any atom is -0.462 e. The molecule has 0 spiro atoms. The lowest BCUT2D eigenvalue weighted by Crippen LogP contribution is -2.30. The molecule has 402 valence electrons. The monoisotopic (exact) mass is 975 g/mol. The summed E-state index contributed by atoms with van der Waals surface area (Å²) in [7, 11) is 0. The molecule has 1 atom stereocenters. The molecule has 0 amide bonds. The summed E-state index contributed by atoms with van der Waals surface area (Å²) in [6.45, 7) is 6.54. The Morgan fingerprint density at radius 2 is 0.543 bits per heavy atom. The highest BCUT2D eigenvalue weighted by Gasteiger charge is 2.19. The molecule has 0 rings (SSSR count). The van der Waals surface area contributed by atoms with Gasteiger partial charge in [-0.1, -0.05) is 234 Å². The van der Waals surface area contributed by atoms with Crippen LogP contribution in [0.1, 0.15) is 284 Å². The topological polar surface area (TPSA) is 78.9 Å². The van der Waals surface area contributed by atoms with E-state index in [4.69, 9.17) is 14.2 Å². The van der Waals surface area contributed by atoms with Gasteiger partial charge >= 0.3 is 17.9 Å². The molecule has 0 aliphatic carbocycles. The van der Waals surface area contributed by atoms with Gasteiger partial charge in [0.25, 0.3) is 0 Å². The Bertz CT molecular complexity index is 1350. The first-order valence-electron chi connectivity index (χ1n) is 29.6. The second-order valence-electron chi connectivity index (χ2n) is 19.5. The zero-order valence-electron chi connectivity index (χ0n) is 46.0. The number of allylic oxidation sites excluding steroid dienone is 14. The fraction of sp³-hybridized carbons (Fsp3) is 0.734. The van der Waals surface area contributed by atoms with Crippen LogP contribution in [-0.2, 0) is 28.6 Å². The number of rotatable bonds is 53. The molecular weight excluding hydrogens is 865 g/mol. The molecule has 0 aromatic rings. The van der Waals surface area contributed by atoms with E-state index >= 15 is 0 Å². The van der Waals surface area contributed by atoms with Crippen molar-refractivity contribution < 1.29 is 28.6 Å². The van der Waals surface area contributed by atoms with Crippen LogP contribution in [0.2, 0.25) is 0 Å². The molecule has 0 saturated heterocycles. The van der Waals surface area contributed by atoms with Crippen molar-refractivity contribution in [2.45, 2.75) is 290 Å². The van der Waals surface area contributed by atoms with Crippen LogP contribution in [0.3, 0.4) is 0 Å². The molecule has 1 unspecified atom stereocenters. The Labute approximate surface area is 433 Å². The van der Waals surface area contributed by atoms with E-state index in [1.165, 1.54) is 122 Å². The second-order valence-corrected chi connectivity index (χ2v) is 19.5. The Kier molecular flexibility index (Phi) is 55.3.